The van der Waals surface area contributed by atoms with Gasteiger partial charge < -0.3 is 20.1 Å². The molecule has 0 aliphatic heterocycles. The summed E-state index contributed by atoms with van der Waals surface area (Å²) in [6.45, 7) is 2.35. The van der Waals surface area contributed by atoms with Gasteiger partial charge in [0.15, 0.2) is 21.5 Å². The number of methoxy groups -OCH3 is 2. The molecule has 0 radical (unpaired) electrons. The van der Waals surface area contributed by atoms with E-state index in [0.717, 1.165) is 17.3 Å². The molecule has 0 unspecified atom stereocenters. The first-order valence-electron chi connectivity index (χ1n) is 8.99. The van der Waals surface area contributed by atoms with Gasteiger partial charge in [-0.2, -0.15) is 5.26 Å². The lowest BCUT2D eigenvalue weighted by Crippen LogP contribution is -2.33. The fraction of sp³-hybridized carbons (Fsp3) is 0.238. The van der Waals surface area contributed by atoms with Gasteiger partial charge >= 0.3 is 0 Å². The summed E-state index contributed by atoms with van der Waals surface area (Å²) in [5, 5.41) is 15.1. The lowest BCUT2D eigenvalue weighted by Gasteiger charge is -2.11. The van der Waals surface area contributed by atoms with Crippen LogP contribution in [0.3, 0.4) is 0 Å². The third-order valence-electron chi connectivity index (χ3n) is 4.21. The molecule has 0 bridgehead atoms. The average Bonchev–Trinajstić information content (AvgIpc) is 2.74. The van der Waals surface area contributed by atoms with Crippen LogP contribution in [0.1, 0.15) is 11.1 Å². The van der Waals surface area contributed by atoms with Crippen molar-refractivity contribution in [2.45, 2.75) is 18.2 Å². The molecule has 30 heavy (non-hydrogen) atoms. The molecule has 2 aromatic rings. The number of ether oxygens (including phenoxy) is 2. The minimum atomic E-state index is -3.92. The number of hydrogen-bond donors (Lipinski definition) is 2. The zero-order valence-corrected chi connectivity index (χ0v) is 18.6. The van der Waals surface area contributed by atoms with E-state index >= 15 is 0 Å². The smallest absolute Gasteiger partial charge is 0.218 e. The van der Waals surface area contributed by atoms with E-state index in [-0.39, 0.29) is 10.0 Å². The van der Waals surface area contributed by atoms with Crippen molar-refractivity contribution in [3.8, 4) is 17.6 Å². The molecule has 0 saturated heterocycles. The Labute approximate surface area is 182 Å². The summed E-state index contributed by atoms with van der Waals surface area (Å²) in [5.74, 6) is 1.29. The molecular weight excluding hydrogens is 422 g/mol. The van der Waals surface area contributed by atoms with E-state index in [1.807, 2.05) is 25.1 Å². The molecule has 9 heteroatoms. The number of nitrogens with zero attached hydrogens (tertiary/aromatic N) is 1. The summed E-state index contributed by atoms with van der Waals surface area (Å²) in [6, 6.07) is 13.6. The molecule has 0 aliphatic rings. The molecule has 0 heterocycles. The van der Waals surface area contributed by atoms with Crippen LogP contribution in [0.2, 0.25) is 0 Å². The van der Waals surface area contributed by atoms with Gasteiger partial charge in [0.05, 0.1) is 19.1 Å². The van der Waals surface area contributed by atoms with Crippen molar-refractivity contribution in [2.75, 3.05) is 20.8 Å². The summed E-state index contributed by atoms with van der Waals surface area (Å²) >= 11 is 5.16. The second kappa shape index (κ2) is 10.6. The highest BCUT2D eigenvalue weighted by molar-refractivity contribution is 7.95. The van der Waals surface area contributed by atoms with Crippen molar-refractivity contribution >= 4 is 27.2 Å². The number of thiocarbonyl (C=S) groups is 1. The van der Waals surface area contributed by atoms with Gasteiger partial charge in [0.1, 0.15) is 6.07 Å². The lowest BCUT2D eigenvalue weighted by atomic mass is 10.1. The SMILES string of the molecule is COc1ccc(CCNC(=S)N/C=C(/C#N)S(=O)(=O)c2ccc(C)cc2)cc1OC. The minimum Gasteiger partial charge on any atom is -0.493 e. The Kier molecular flexibility index (Phi) is 8.21. The molecule has 0 saturated carbocycles. The molecular formula is C21H23N3O4S2. The molecule has 0 fully saturated rings. The van der Waals surface area contributed by atoms with Crippen LogP contribution in [-0.2, 0) is 16.3 Å². The van der Waals surface area contributed by atoms with Crippen LogP contribution in [0.25, 0.3) is 0 Å². The molecule has 0 spiro atoms. The highest BCUT2D eigenvalue weighted by atomic mass is 32.2. The topological polar surface area (TPSA) is 100 Å². The van der Waals surface area contributed by atoms with Crippen LogP contribution in [0.4, 0.5) is 0 Å². The zero-order chi connectivity index (χ0) is 22.1. The highest BCUT2D eigenvalue weighted by Gasteiger charge is 2.20. The highest BCUT2D eigenvalue weighted by Crippen LogP contribution is 2.27. The molecule has 2 N–H and O–H groups in total. The minimum absolute atomic E-state index is 0.0510. The van der Waals surface area contributed by atoms with E-state index < -0.39 is 14.7 Å². The number of benzene rings is 2. The molecule has 0 atom stereocenters. The van der Waals surface area contributed by atoms with Crippen LogP contribution in [-0.4, -0.2) is 34.3 Å². The predicted octanol–water partition coefficient (Wildman–Crippen LogP) is 2.86. The lowest BCUT2D eigenvalue weighted by molar-refractivity contribution is 0.354. The maximum atomic E-state index is 12.6. The Hall–Kier alpha value is -3.09. The first kappa shape index (κ1) is 23.2. The van der Waals surface area contributed by atoms with Crippen LogP contribution in [0.5, 0.6) is 11.5 Å². The summed E-state index contributed by atoms with van der Waals surface area (Å²) < 4.78 is 35.7. The normalized spacial score (nSPS) is 11.3. The van der Waals surface area contributed by atoms with E-state index in [9.17, 15) is 13.7 Å². The Morgan fingerprint density at radius 3 is 2.40 bits per heavy atom. The van der Waals surface area contributed by atoms with E-state index in [0.29, 0.717) is 24.5 Å². The number of rotatable bonds is 8. The van der Waals surface area contributed by atoms with Gasteiger partial charge in [0.25, 0.3) is 0 Å². The number of hydrogen-bond acceptors (Lipinski definition) is 6. The molecule has 0 aliphatic carbocycles. The number of allylic oxidation sites excluding steroid dienone is 1. The third-order valence-corrected chi connectivity index (χ3v) is 6.16. The zero-order valence-electron chi connectivity index (χ0n) is 16.9. The summed E-state index contributed by atoms with van der Waals surface area (Å²) in [5.41, 5.74) is 1.94. The predicted molar refractivity (Wildman–Crippen MR) is 119 cm³/mol. The maximum Gasteiger partial charge on any atom is 0.218 e. The average molecular weight is 446 g/mol. The van der Waals surface area contributed by atoms with E-state index in [4.69, 9.17) is 21.7 Å². The van der Waals surface area contributed by atoms with Crippen LogP contribution >= 0.6 is 12.2 Å². The van der Waals surface area contributed by atoms with E-state index in [1.54, 1.807) is 32.4 Å². The molecule has 2 aromatic carbocycles. The molecule has 0 amide bonds. The van der Waals surface area contributed by atoms with Gasteiger partial charge in [-0.05, 0) is 55.4 Å². The Balaban J connectivity index is 1.96. The van der Waals surface area contributed by atoms with Crippen molar-refractivity contribution < 1.29 is 17.9 Å². The van der Waals surface area contributed by atoms with Crippen LogP contribution in [0, 0.1) is 18.3 Å². The van der Waals surface area contributed by atoms with Crippen molar-refractivity contribution in [3.63, 3.8) is 0 Å². The first-order valence-corrected chi connectivity index (χ1v) is 10.9. The number of sulfone groups is 1. The van der Waals surface area contributed by atoms with Gasteiger partial charge in [-0.25, -0.2) is 8.42 Å². The second-order valence-electron chi connectivity index (χ2n) is 6.28. The van der Waals surface area contributed by atoms with Crippen LogP contribution < -0.4 is 20.1 Å². The van der Waals surface area contributed by atoms with Crippen molar-refractivity contribution in [3.05, 3.63) is 64.7 Å². The third kappa shape index (κ3) is 5.95. The van der Waals surface area contributed by atoms with Crippen molar-refractivity contribution in [2.24, 2.45) is 0 Å². The standard InChI is InChI=1S/C21H23N3O4S2/c1-15-4-7-17(8-5-15)30(25,26)18(13-22)14-24-21(29)23-11-10-16-6-9-19(27-2)20(12-16)28-3/h4-9,12,14H,10-11H2,1-3H3,(H2,23,24,29)/b18-14-. The Morgan fingerprint density at radius 2 is 1.80 bits per heavy atom. The number of aryl methyl sites for hydroxylation is 1. The van der Waals surface area contributed by atoms with Gasteiger partial charge in [-0.15, -0.1) is 0 Å². The number of nitrogens with one attached hydrogen (secondary N) is 2. The summed E-state index contributed by atoms with van der Waals surface area (Å²) in [6.07, 6.45) is 1.75. The molecule has 0 aromatic heterocycles. The van der Waals surface area contributed by atoms with Gasteiger partial charge in [0, 0.05) is 12.7 Å². The molecule has 7 nitrogen and oxygen atoms in total. The van der Waals surface area contributed by atoms with Crippen LogP contribution in [0.15, 0.2) is 58.5 Å². The second-order valence-corrected chi connectivity index (χ2v) is 8.60. The molecule has 2 rings (SSSR count). The molecule has 158 valence electrons. The van der Waals surface area contributed by atoms with Crippen molar-refractivity contribution in [1.82, 2.24) is 10.6 Å². The Bertz CT molecular complexity index is 1070. The van der Waals surface area contributed by atoms with Gasteiger partial charge in [-0.1, -0.05) is 23.8 Å². The number of nitriles is 1. The quantitative estimate of drug-likeness (QED) is 0.473. The first-order chi connectivity index (χ1) is 14.3. The Morgan fingerprint density at radius 1 is 1.13 bits per heavy atom. The summed E-state index contributed by atoms with van der Waals surface area (Å²) in [4.78, 5) is -0.370. The van der Waals surface area contributed by atoms with E-state index in [1.165, 1.54) is 12.1 Å². The van der Waals surface area contributed by atoms with Gasteiger partial charge in [0.2, 0.25) is 9.84 Å². The van der Waals surface area contributed by atoms with E-state index in [2.05, 4.69) is 10.6 Å². The van der Waals surface area contributed by atoms with Gasteiger partial charge in [-0.3, -0.25) is 0 Å². The maximum absolute atomic E-state index is 12.6. The monoisotopic (exact) mass is 445 g/mol. The fourth-order valence-corrected chi connectivity index (χ4v) is 3.80. The summed E-state index contributed by atoms with van der Waals surface area (Å²) in [7, 11) is -0.770. The fourth-order valence-electron chi connectivity index (χ4n) is 2.55. The largest absolute Gasteiger partial charge is 0.493 e. The van der Waals surface area contributed by atoms with Crippen molar-refractivity contribution in [1.29, 1.82) is 5.26 Å².